The fourth-order valence-electron chi connectivity index (χ4n) is 4.02. The van der Waals surface area contributed by atoms with Gasteiger partial charge in [0.1, 0.15) is 0 Å². The molecule has 172 valence electrons. The van der Waals surface area contributed by atoms with E-state index in [1.165, 1.54) is 5.56 Å². The third-order valence-electron chi connectivity index (χ3n) is 5.87. The van der Waals surface area contributed by atoms with Crippen molar-refractivity contribution in [3.63, 3.8) is 0 Å². The number of nitrogens with zero attached hydrogens (tertiary/aromatic N) is 2. The average molecular weight is 465 g/mol. The summed E-state index contributed by atoms with van der Waals surface area (Å²) in [5, 5.41) is 5.47. The van der Waals surface area contributed by atoms with Crippen LogP contribution in [-0.4, -0.2) is 36.8 Å². The highest BCUT2D eigenvalue weighted by Crippen LogP contribution is 2.26. The smallest absolute Gasteiger partial charge is 0.319 e. The van der Waals surface area contributed by atoms with Crippen molar-refractivity contribution in [1.82, 2.24) is 14.6 Å². The zero-order valence-corrected chi connectivity index (χ0v) is 19.2. The summed E-state index contributed by atoms with van der Waals surface area (Å²) in [7, 11) is -3.55. The molecule has 1 saturated heterocycles. The molecular formula is C25H28N4O3S. The van der Waals surface area contributed by atoms with Crippen molar-refractivity contribution < 1.29 is 13.2 Å². The molecular weight excluding hydrogens is 436 g/mol. The van der Waals surface area contributed by atoms with Gasteiger partial charge >= 0.3 is 6.03 Å². The summed E-state index contributed by atoms with van der Waals surface area (Å²) in [5.41, 5.74) is 2.72. The number of carbonyl (C=O) groups is 1. The summed E-state index contributed by atoms with van der Waals surface area (Å²) in [5.74, 6) is 0.496. The molecule has 1 aliphatic heterocycles. The van der Waals surface area contributed by atoms with Gasteiger partial charge in [-0.2, -0.15) is 4.31 Å². The summed E-state index contributed by atoms with van der Waals surface area (Å²) in [6.07, 6.45) is 6.05. The molecule has 2 heterocycles. The summed E-state index contributed by atoms with van der Waals surface area (Å²) in [6, 6.07) is 20.0. The number of nitrogens with one attached hydrogen (secondary N) is 2. The minimum absolute atomic E-state index is 0.241. The quantitative estimate of drug-likeness (QED) is 0.552. The van der Waals surface area contributed by atoms with E-state index in [0.717, 1.165) is 24.8 Å². The predicted molar refractivity (Wildman–Crippen MR) is 128 cm³/mol. The van der Waals surface area contributed by atoms with Gasteiger partial charge in [0.2, 0.25) is 10.0 Å². The second kappa shape index (κ2) is 10.6. The molecule has 0 atom stereocenters. The monoisotopic (exact) mass is 464 g/mol. The van der Waals surface area contributed by atoms with Crippen molar-refractivity contribution in [2.45, 2.75) is 30.7 Å². The number of amides is 2. The number of aromatic nitrogens is 1. The van der Waals surface area contributed by atoms with Crippen molar-refractivity contribution >= 4 is 21.7 Å². The topological polar surface area (TPSA) is 91.4 Å². The third-order valence-corrected chi connectivity index (χ3v) is 7.78. The number of sulfonamides is 1. The normalized spacial score (nSPS) is 15.2. The molecule has 1 fully saturated rings. The minimum atomic E-state index is -3.55. The van der Waals surface area contributed by atoms with Crippen LogP contribution in [0.2, 0.25) is 0 Å². The standard InChI is InChI=1S/C25H28N4O3S/c30-25(27-19-22-7-4-14-26-18-22)28-23-8-10-24(11-9-23)33(31,32)29-15-12-21(13-16-29)17-20-5-2-1-3-6-20/h1-11,14,18,21H,12-13,15-17,19H2,(H2,27,28,30). The highest BCUT2D eigenvalue weighted by Gasteiger charge is 2.29. The van der Waals surface area contributed by atoms with E-state index in [1.807, 2.05) is 24.3 Å². The molecule has 0 radical (unpaired) electrons. The van der Waals surface area contributed by atoms with Gasteiger partial charge in [0.25, 0.3) is 0 Å². The third kappa shape index (κ3) is 6.18. The lowest BCUT2D eigenvalue weighted by molar-refractivity contribution is 0.251. The maximum atomic E-state index is 13.1. The van der Waals surface area contributed by atoms with E-state index in [-0.39, 0.29) is 10.9 Å². The molecule has 7 nitrogen and oxygen atoms in total. The Balaban J connectivity index is 1.29. The van der Waals surface area contributed by atoms with Crippen molar-refractivity contribution in [3.05, 3.63) is 90.3 Å². The SMILES string of the molecule is O=C(NCc1cccnc1)Nc1ccc(S(=O)(=O)N2CCC(Cc3ccccc3)CC2)cc1. The van der Waals surface area contributed by atoms with Crippen LogP contribution in [0.3, 0.4) is 0 Å². The lowest BCUT2D eigenvalue weighted by Crippen LogP contribution is -2.38. The van der Waals surface area contributed by atoms with Crippen LogP contribution < -0.4 is 10.6 Å². The Morgan fingerprint density at radius 2 is 1.64 bits per heavy atom. The molecule has 2 aromatic carbocycles. The van der Waals surface area contributed by atoms with Gasteiger partial charge in [0, 0.05) is 37.7 Å². The lowest BCUT2D eigenvalue weighted by atomic mass is 9.91. The van der Waals surface area contributed by atoms with Gasteiger partial charge in [0.05, 0.1) is 4.90 Å². The van der Waals surface area contributed by atoms with Crippen LogP contribution in [0.25, 0.3) is 0 Å². The van der Waals surface area contributed by atoms with Crippen LogP contribution in [0.15, 0.2) is 84.0 Å². The maximum absolute atomic E-state index is 13.1. The summed E-state index contributed by atoms with van der Waals surface area (Å²) >= 11 is 0. The van der Waals surface area contributed by atoms with Crippen molar-refractivity contribution in [1.29, 1.82) is 0 Å². The van der Waals surface area contributed by atoms with E-state index in [1.54, 1.807) is 47.0 Å². The number of piperidine rings is 1. The largest absolute Gasteiger partial charge is 0.334 e. The zero-order chi connectivity index (χ0) is 23.1. The first-order chi connectivity index (χ1) is 16.0. The fraction of sp³-hybridized carbons (Fsp3) is 0.280. The highest BCUT2D eigenvalue weighted by molar-refractivity contribution is 7.89. The summed E-state index contributed by atoms with van der Waals surface area (Å²) in [6.45, 7) is 1.40. The molecule has 0 unspecified atom stereocenters. The highest BCUT2D eigenvalue weighted by atomic mass is 32.2. The van der Waals surface area contributed by atoms with Gasteiger partial charge in [-0.15, -0.1) is 0 Å². The first kappa shape index (κ1) is 22.9. The molecule has 2 N–H and O–H groups in total. The second-order valence-corrected chi connectivity index (χ2v) is 10.2. The Kier molecular flexibility index (Phi) is 7.36. The Morgan fingerprint density at radius 1 is 0.939 bits per heavy atom. The predicted octanol–water partition coefficient (Wildman–Crippen LogP) is 4.05. The van der Waals surface area contributed by atoms with E-state index >= 15 is 0 Å². The molecule has 1 aliphatic rings. The molecule has 33 heavy (non-hydrogen) atoms. The van der Waals surface area contributed by atoms with Crippen molar-refractivity contribution in [2.24, 2.45) is 5.92 Å². The van der Waals surface area contributed by atoms with Gasteiger partial charge in [-0.1, -0.05) is 36.4 Å². The molecule has 0 aliphatic carbocycles. The molecule has 4 rings (SSSR count). The Bertz CT molecular complexity index is 1150. The lowest BCUT2D eigenvalue weighted by Gasteiger charge is -2.31. The van der Waals surface area contributed by atoms with Gasteiger partial charge in [-0.25, -0.2) is 13.2 Å². The summed E-state index contributed by atoms with van der Waals surface area (Å²) < 4.78 is 27.7. The van der Waals surface area contributed by atoms with E-state index in [2.05, 4.69) is 27.8 Å². The molecule has 0 bridgehead atoms. The molecule has 8 heteroatoms. The van der Waals surface area contributed by atoms with Crippen LogP contribution in [-0.2, 0) is 23.0 Å². The number of urea groups is 1. The number of rotatable bonds is 7. The Labute approximate surface area is 194 Å². The first-order valence-corrected chi connectivity index (χ1v) is 12.5. The summed E-state index contributed by atoms with van der Waals surface area (Å²) in [4.78, 5) is 16.4. The zero-order valence-electron chi connectivity index (χ0n) is 18.4. The van der Waals surface area contributed by atoms with E-state index < -0.39 is 10.0 Å². The van der Waals surface area contributed by atoms with Crippen molar-refractivity contribution in [2.75, 3.05) is 18.4 Å². The van der Waals surface area contributed by atoms with Crippen LogP contribution in [0.1, 0.15) is 24.0 Å². The first-order valence-electron chi connectivity index (χ1n) is 11.1. The van der Waals surface area contributed by atoms with Gasteiger partial charge in [0.15, 0.2) is 0 Å². The van der Waals surface area contributed by atoms with E-state index in [4.69, 9.17) is 0 Å². The van der Waals surface area contributed by atoms with E-state index in [9.17, 15) is 13.2 Å². The Morgan fingerprint density at radius 3 is 2.30 bits per heavy atom. The number of hydrogen-bond acceptors (Lipinski definition) is 4. The van der Waals surface area contributed by atoms with Crippen molar-refractivity contribution in [3.8, 4) is 0 Å². The fourth-order valence-corrected chi connectivity index (χ4v) is 5.49. The number of pyridine rings is 1. The van der Waals surface area contributed by atoms with Gasteiger partial charge < -0.3 is 10.6 Å². The number of carbonyl (C=O) groups excluding carboxylic acids is 1. The number of anilines is 1. The van der Waals surface area contributed by atoms with Crippen LogP contribution >= 0.6 is 0 Å². The maximum Gasteiger partial charge on any atom is 0.319 e. The molecule has 2 amide bonds. The molecule has 0 spiro atoms. The minimum Gasteiger partial charge on any atom is -0.334 e. The van der Waals surface area contributed by atoms with E-state index in [0.29, 0.717) is 31.2 Å². The number of benzene rings is 2. The average Bonchev–Trinajstić information content (AvgIpc) is 2.85. The Hall–Kier alpha value is -3.23. The van der Waals surface area contributed by atoms with Gasteiger partial charge in [-0.3, -0.25) is 4.98 Å². The number of hydrogen-bond donors (Lipinski definition) is 2. The molecule has 1 aromatic heterocycles. The molecule has 0 saturated carbocycles. The second-order valence-electron chi connectivity index (χ2n) is 8.23. The van der Waals surface area contributed by atoms with Crippen LogP contribution in [0.4, 0.5) is 10.5 Å². The van der Waals surface area contributed by atoms with Crippen LogP contribution in [0.5, 0.6) is 0 Å². The molecule has 3 aromatic rings. The van der Waals surface area contributed by atoms with Gasteiger partial charge in [-0.05, 0) is 66.6 Å². The van der Waals surface area contributed by atoms with Crippen LogP contribution in [0, 0.1) is 5.92 Å².